The van der Waals surface area contributed by atoms with Crippen LogP contribution in [0.4, 0.5) is 10.1 Å². The lowest BCUT2D eigenvalue weighted by Crippen LogP contribution is -2.41. The maximum atomic E-state index is 12.9. The standard InChI is InChI=1S/C19H14FN3O6/c20-13-3-7-15(8-4-13)28-11-16-9-10-17(29-16)19(25)22-21-18(24)12-1-5-14(6-2-12)23(26)27/h1-10H,11H2,(H,21,24)(H,22,25). The third-order valence-corrected chi connectivity index (χ3v) is 3.71. The van der Waals surface area contributed by atoms with Gasteiger partial charge < -0.3 is 9.15 Å². The number of nitrogens with zero attached hydrogens (tertiary/aromatic N) is 1. The van der Waals surface area contributed by atoms with Crippen LogP contribution in [0.2, 0.25) is 0 Å². The smallest absolute Gasteiger partial charge is 0.305 e. The van der Waals surface area contributed by atoms with E-state index in [1.807, 2.05) is 0 Å². The molecule has 0 aliphatic carbocycles. The number of nitro benzene ring substituents is 1. The van der Waals surface area contributed by atoms with Crippen LogP contribution in [-0.4, -0.2) is 16.7 Å². The molecule has 0 radical (unpaired) electrons. The summed E-state index contributed by atoms with van der Waals surface area (Å²) >= 11 is 0. The Morgan fingerprint density at radius 2 is 1.62 bits per heavy atom. The lowest BCUT2D eigenvalue weighted by atomic mass is 10.2. The normalized spacial score (nSPS) is 10.2. The number of nitrogens with one attached hydrogen (secondary N) is 2. The average molecular weight is 399 g/mol. The minimum Gasteiger partial charge on any atom is -0.486 e. The van der Waals surface area contributed by atoms with Gasteiger partial charge in [0.2, 0.25) is 0 Å². The van der Waals surface area contributed by atoms with E-state index in [-0.39, 0.29) is 29.4 Å². The van der Waals surface area contributed by atoms with Crippen LogP contribution in [0.25, 0.3) is 0 Å². The van der Waals surface area contributed by atoms with Gasteiger partial charge in [0.25, 0.3) is 11.6 Å². The van der Waals surface area contributed by atoms with Gasteiger partial charge >= 0.3 is 5.91 Å². The molecule has 1 heterocycles. The second-order valence-electron chi connectivity index (χ2n) is 5.72. The Hall–Kier alpha value is -4.21. The zero-order chi connectivity index (χ0) is 20.8. The summed E-state index contributed by atoms with van der Waals surface area (Å²) in [4.78, 5) is 34.1. The van der Waals surface area contributed by atoms with Crippen molar-refractivity contribution in [1.29, 1.82) is 0 Å². The van der Waals surface area contributed by atoms with Crippen LogP contribution < -0.4 is 15.6 Å². The molecular weight excluding hydrogens is 385 g/mol. The van der Waals surface area contributed by atoms with Crippen molar-refractivity contribution in [1.82, 2.24) is 10.9 Å². The van der Waals surface area contributed by atoms with Gasteiger partial charge in [-0.05, 0) is 48.5 Å². The maximum absolute atomic E-state index is 12.9. The summed E-state index contributed by atoms with van der Waals surface area (Å²) in [6.45, 7) is 0.0219. The Labute approximate surface area is 163 Å². The molecule has 0 aliphatic heterocycles. The van der Waals surface area contributed by atoms with Crippen LogP contribution in [-0.2, 0) is 6.61 Å². The van der Waals surface area contributed by atoms with Crippen molar-refractivity contribution in [2.45, 2.75) is 6.61 Å². The number of rotatable bonds is 6. The molecule has 2 amide bonds. The first kappa shape index (κ1) is 19.5. The molecule has 29 heavy (non-hydrogen) atoms. The van der Waals surface area contributed by atoms with Gasteiger partial charge in [0.1, 0.15) is 23.9 Å². The van der Waals surface area contributed by atoms with E-state index in [1.54, 1.807) is 0 Å². The number of carbonyl (C=O) groups excluding carboxylic acids is 2. The monoisotopic (exact) mass is 399 g/mol. The molecule has 2 aromatic carbocycles. The zero-order valence-corrected chi connectivity index (χ0v) is 14.8. The molecule has 0 spiro atoms. The Morgan fingerprint density at radius 3 is 2.28 bits per heavy atom. The molecule has 0 fully saturated rings. The lowest BCUT2D eigenvalue weighted by Gasteiger charge is -2.06. The number of non-ortho nitro benzene ring substituents is 1. The molecule has 10 heteroatoms. The lowest BCUT2D eigenvalue weighted by molar-refractivity contribution is -0.384. The second kappa shape index (κ2) is 8.65. The van der Waals surface area contributed by atoms with E-state index in [4.69, 9.17) is 9.15 Å². The molecule has 9 nitrogen and oxygen atoms in total. The van der Waals surface area contributed by atoms with Crippen molar-refractivity contribution in [2.24, 2.45) is 0 Å². The molecule has 148 valence electrons. The minimum atomic E-state index is -0.701. The minimum absolute atomic E-state index is 0.0219. The molecule has 0 saturated heterocycles. The number of halogens is 1. The first-order valence-corrected chi connectivity index (χ1v) is 8.24. The van der Waals surface area contributed by atoms with Crippen LogP contribution in [0.1, 0.15) is 26.7 Å². The van der Waals surface area contributed by atoms with E-state index < -0.39 is 16.7 Å². The number of hydrogen-bond acceptors (Lipinski definition) is 6. The Bertz CT molecular complexity index is 1030. The van der Waals surface area contributed by atoms with E-state index in [0.29, 0.717) is 11.5 Å². The molecule has 3 aromatic rings. The van der Waals surface area contributed by atoms with Crippen LogP contribution in [0.3, 0.4) is 0 Å². The molecule has 3 rings (SSSR count). The van der Waals surface area contributed by atoms with Crippen LogP contribution in [0, 0.1) is 15.9 Å². The molecule has 2 N–H and O–H groups in total. The summed E-state index contributed by atoms with van der Waals surface area (Å²) in [5, 5.41) is 10.6. The summed E-state index contributed by atoms with van der Waals surface area (Å²) in [5.74, 6) is -1.02. The fraction of sp³-hybridized carbons (Fsp3) is 0.0526. The maximum Gasteiger partial charge on any atom is 0.305 e. The van der Waals surface area contributed by atoms with Gasteiger partial charge in [-0.1, -0.05) is 0 Å². The number of benzene rings is 2. The van der Waals surface area contributed by atoms with Gasteiger partial charge in [-0.2, -0.15) is 0 Å². The van der Waals surface area contributed by atoms with Crippen LogP contribution >= 0.6 is 0 Å². The summed E-state index contributed by atoms with van der Waals surface area (Å²) in [6.07, 6.45) is 0. The van der Waals surface area contributed by atoms with Crippen molar-refractivity contribution >= 4 is 17.5 Å². The highest BCUT2D eigenvalue weighted by Gasteiger charge is 2.14. The summed E-state index contributed by atoms with van der Waals surface area (Å²) < 4.78 is 23.6. The number of furan rings is 1. The largest absolute Gasteiger partial charge is 0.486 e. The quantitative estimate of drug-likeness (QED) is 0.485. The fourth-order valence-corrected chi connectivity index (χ4v) is 2.24. The molecule has 0 unspecified atom stereocenters. The van der Waals surface area contributed by atoms with Crippen molar-refractivity contribution in [3.05, 3.63) is 93.7 Å². The predicted molar refractivity (Wildman–Crippen MR) is 97.5 cm³/mol. The van der Waals surface area contributed by atoms with Crippen molar-refractivity contribution in [2.75, 3.05) is 0 Å². The summed E-state index contributed by atoms with van der Waals surface area (Å²) in [5.41, 5.74) is 4.34. The van der Waals surface area contributed by atoms with Crippen molar-refractivity contribution in [3.8, 4) is 5.75 Å². The highest BCUT2D eigenvalue weighted by Crippen LogP contribution is 2.15. The Kier molecular flexibility index (Phi) is 5.83. The molecular formula is C19H14FN3O6. The number of amides is 2. The van der Waals surface area contributed by atoms with E-state index >= 15 is 0 Å². The van der Waals surface area contributed by atoms with Gasteiger partial charge in [0, 0.05) is 17.7 Å². The molecule has 1 aromatic heterocycles. The third-order valence-electron chi connectivity index (χ3n) is 3.71. The van der Waals surface area contributed by atoms with Crippen molar-refractivity contribution < 1.29 is 28.1 Å². The SMILES string of the molecule is O=C(NNC(=O)c1ccc(COc2ccc(F)cc2)o1)c1ccc([N+](=O)[O-])cc1. The summed E-state index contributed by atoms with van der Waals surface area (Å²) in [7, 11) is 0. The van der Waals surface area contributed by atoms with Gasteiger partial charge in [0.05, 0.1) is 4.92 Å². The average Bonchev–Trinajstić information content (AvgIpc) is 3.20. The molecule has 0 atom stereocenters. The number of carbonyl (C=O) groups is 2. The zero-order valence-electron chi connectivity index (χ0n) is 14.8. The van der Waals surface area contributed by atoms with Gasteiger partial charge in [-0.3, -0.25) is 30.6 Å². The van der Waals surface area contributed by atoms with Crippen LogP contribution in [0.15, 0.2) is 65.1 Å². The van der Waals surface area contributed by atoms with Crippen LogP contribution in [0.5, 0.6) is 5.75 Å². The van der Waals surface area contributed by atoms with Gasteiger partial charge in [-0.15, -0.1) is 0 Å². The summed E-state index contributed by atoms with van der Waals surface area (Å²) in [6, 6.07) is 13.2. The first-order chi connectivity index (χ1) is 13.9. The van der Waals surface area contributed by atoms with E-state index in [2.05, 4.69) is 10.9 Å². The molecule has 0 saturated carbocycles. The predicted octanol–water partition coefficient (Wildman–Crippen LogP) is 2.98. The van der Waals surface area contributed by atoms with Crippen molar-refractivity contribution in [3.63, 3.8) is 0 Å². The number of hydrogen-bond donors (Lipinski definition) is 2. The van der Waals surface area contributed by atoms with E-state index in [1.165, 1.54) is 60.7 Å². The fourth-order valence-electron chi connectivity index (χ4n) is 2.24. The first-order valence-electron chi connectivity index (χ1n) is 8.24. The van der Waals surface area contributed by atoms with E-state index in [0.717, 1.165) is 0 Å². The molecule has 0 aliphatic rings. The van der Waals surface area contributed by atoms with Gasteiger partial charge in [0.15, 0.2) is 5.76 Å². The second-order valence-corrected chi connectivity index (χ2v) is 5.72. The topological polar surface area (TPSA) is 124 Å². The Morgan fingerprint density at radius 1 is 0.966 bits per heavy atom. The highest BCUT2D eigenvalue weighted by atomic mass is 19.1. The van der Waals surface area contributed by atoms with E-state index in [9.17, 15) is 24.1 Å². The number of ether oxygens (including phenoxy) is 1. The number of hydrazine groups is 1. The third kappa shape index (κ3) is 5.16. The molecule has 0 bridgehead atoms. The Balaban J connectivity index is 1.51. The van der Waals surface area contributed by atoms with Gasteiger partial charge in [-0.25, -0.2) is 4.39 Å². The highest BCUT2D eigenvalue weighted by molar-refractivity contribution is 5.98. The number of nitro groups is 1.